The van der Waals surface area contributed by atoms with E-state index in [1.165, 1.54) is 6.61 Å². The van der Waals surface area contributed by atoms with Crippen LogP contribution in [0.2, 0.25) is 0 Å². The molecule has 1 N–H and O–H groups in total. The van der Waals surface area contributed by atoms with Crippen molar-refractivity contribution in [2.45, 2.75) is 0 Å². The fraction of sp³-hybridized carbons (Fsp3) is 0.0667. The van der Waals surface area contributed by atoms with Gasteiger partial charge in [-0.25, -0.2) is 0 Å². The molecule has 0 saturated carbocycles. The van der Waals surface area contributed by atoms with Crippen molar-refractivity contribution in [1.29, 1.82) is 0 Å². The topological polar surface area (TPSA) is 38.7 Å². The first-order valence-corrected chi connectivity index (χ1v) is 5.63. The van der Waals surface area contributed by atoms with Gasteiger partial charge in [-0.15, -0.1) is 0 Å². The molecule has 1 aliphatic rings. The fourth-order valence-electron chi connectivity index (χ4n) is 1.86. The molecule has 1 aliphatic heterocycles. The molecule has 18 heavy (non-hydrogen) atoms. The molecule has 0 atom stereocenters. The Balaban J connectivity index is 2.15. The lowest BCUT2D eigenvalue weighted by Crippen LogP contribution is -2.17. The van der Waals surface area contributed by atoms with Crippen molar-refractivity contribution in [3.05, 3.63) is 61.2 Å². The molecule has 0 aliphatic carbocycles. The highest BCUT2D eigenvalue weighted by atomic mass is 16.5. The van der Waals surface area contributed by atoms with Crippen molar-refractivity contribution in [3.8, 4) is 22.6 Å². The number of fused-ring (bicyclic) bond motifs is 3. The Morgan fingerprint density at radius 2 is 1.89 bits per heavy atom. The Morgan fingerprint density at radius 3 is 2.78 bits per heavy atom. The number of aliphatic hydroxyl groups is 1. The fourth-order valence-corrected chi connectivity index (χ4v) is 1.86. The van der Waals surface area contributed by atoms with E-state index >= 15 is 0 Å². The number of para-hydroxylation sites is 1. The predicted octanol–water partition coefficient (Wildman–Crippen LogP) is 2.61. The lowest BCUT2D eigenvalue weighted by molar-refractivity contribution is 0.181. The van der Waals surface area contributed by atoms with Crippen molar-refractivity contribution < 1.29 is 14.6 Å². The van der Waals surface area contributed by atoms with Crippen LogP contribution in [-0.2, 0) is 0 Å². The monoisotopic (exact) mass is 239 g/mol. The summed E-state index contributed by atoms with van der Waals surface area (Å²) >= 11 is 0. The minimum absolute atomic E-state index is 0.212. The Labute approximate surface area is 106 Å². The molecule has 0 aromatic heterocycles. The zero-order valence-corrected chi connectivity index (χ0v) is 9.59. The zero-order valence-electron chi connectivity index (χ0n) is 9.59. The summed E-state index contributed by atoms with van der Waals surface area (Å²) in [6.07, 6.45) is 0.366. The molecule has 0 fully saturated rings. The quantitative estimate of drug-likeness (QED) is 0.831. The molecule has 3 nitrogen and oxygen atoms in total. The molecule has 3 heteroatoms. The Kier molecular flexibility index (Phi) is 2.90. The third-order valence-electron chi connectivity index (χ3n) is 2.69. The first kappa shape index (κ1) is 11.1. The molecule has 89 valence electrons. The van der Waals surface area contributed by atoms with Crippen LogP contribution in [0.3, 0.4) is 0 Å². The minimum atomic E-state index is -0.212. The SMILES string of the molecule is OC[C]1[CH]Oc2ccccc2-c2[c]cccc2O1. The lowest BCUT2D eigenvalue weighted by atomic mass is 10.0. The number of aliphatic hydroxyl groups excluding tert-OH is 1. The lowest BCUT2D eigenvalue weighted by Gasteiger charge is -2.22. The smallest absolute Gasteiger partial charge is 0.217 e. The van der Waals surface area contributed by atoms with E-state index in [2.05, 4.69) is 6.07 Å². The van der Waals surface area contributed by atoms with Gasteiger partial charge >= 0.3 is 0 Å². The predicted molar refractivity (Wildman–Crippen MR) is 66.6 cm³/mol. The minimum Gasteiger partial charge on any atom is -0.481 e. The second-order valence-corrected chi connectivity index (χ2v) is 3.87. The van der Waals surface area contributed by atoms with E-state index in [9.17, 15) is 5.11 Å². The van der Waals surface area contributed by atoms with Crippen LogP contribution in [0.1, 0.15) is 0 Å². The molecule has 2 aromatic carbocycles. The second-order valence-electron chi connectivity index (χ2n) is 3.87. The van der Waals surface area contributed by atoms with Crippen LogP contribution in [0, 0.1) is 18.8 Å². The first-order chi connectivity index (χ1) is 8.88. The normalized spacial score (nSPS) is 14.5. The van der Waals surface area contributed by atoms with Gasteiger partial charge in [0.15, 0.2) is 6.61 Å². The summed E-state index contributed by atoms with van der Waals surface area (Å²) in [5.74, 6) is 1.38. The van der Waals surface area contributed by atoms with E-state index in [4.69, 9.17) is 9.47 Å². The van der Waals surface area contributed by atoms with Gasteiger partial charge in [-0.2, -0.15) is 0 Å². The molecule has 2 aromatic rings. The van der Waals surface area contributed by atoms with E-state index in [0.29, 0.717) is 11.9 Å². The molecule has 0 saturated heterocycles. The van der Waals surface area contributed by atoms with E-state index < -0.39 is 0 Å². The third-order valence-corrected chi connectivity index (χ3v) is 2.69. The summed E-state index contributed by atoms with van der Waals surface area (Å²) in [6, 6.07) is 16.3. The van der Waals surface area contributed by atoms with Crippen LogP contribution in [-0.4, -0.2) is 11.7 Å². The van der Waals surface area contributed by atoms with E-state index in [1.807, 2.05) is 42.5 Å². The first-order valence-electron chi connectivity index (χ1n) is 5.63. The van der Waals surface area contributed by atoms with Crippen molar-refractivity contribution in [1.82, 2.24) is 0 Å². The summed E-state index contributed by atoms with van der Waals surface area (Å²) in [4.78, 5) is 0. The molecular formula is C15H11O3. The van der Waals surface area contributed by atoms with Crippen molar-refractivity contribution in [2.75, 3.05) is 6.61 Å². The molecule has 3 rings (SSSR count). The number of rotatable bonds is 1. The molecule has 3 radical (unpaired) electrons. The number of ether oxygens (including phenoxy) is 2. The molecule has 1 heterocycles. The van der Waals surface area contributed by atoms with E-state index in [1.54, 1.807) is 0 Å². The molecule has 0 spiro atoms. The maximum atomic E-state index is 9.20. The highest BCUT2D eigenvalue weighted by Gasteiger charge is 2.21. The second kappa shape index (κ2) is 4.70. The van der Waals surface area contributed by atoms with Gasteiger partial charge in [-0.1, -0.05) is 30.3 Å². The van der Waals surface area contributed by atoms with Crippen LogP contribution in [0.4, 0.5) is 0 Å². The average Bonchev–Trinajstić information content (AvgIpc) is 2.42. The van der Waals surface area contributed by atoms with E-state index in [-0.39, 0.29) is 6.61 Å². The molecular weight excluding hydrogens is 228 g/mol. The Hall–Kier alpha value is -2.00. The van der Waals surface area contributed by atoms with Gasteiger partial charge in [0.2, 0.25) is 6.10 Å². The van der Waals surface area contributed by atoms with Crippen LogP contribution >= 0.6 is 0 Å². The van der Waals surface area contributed by atoms with Gasteiger partial charge in [0.25, 0.3) is 0 Å². The van der Waals surface area contributed by atoms with Crippen molar-refractivity contribution in [2.24, 2.45) is 0 Å². The number of benzene rings is 2. The van der Waals surface area contributed by atoms with Crippen molar-refractivity contribution in [3.63, 3.8) is 0 Å². The Morgan fingerprint density at radius 1 is 1.06 bits per heavy atom. The zero-order chi connectivity index (χ0) is 12.4. The van der Waals surface area contributed by atoms with E-state index in [0.717, 1.165) is 16.9 Å². The number of hydrogen-bond acceptors (Lipinski definition) is 3. The summed E-state index contributed by atoms with van der Waals surface area (Å²) in [5, 5.41) is 9.20. The summed E-state index contributed by atoms with van der Waals surface area (Å²) in [6.45, 7) is 1.21. The Bertz CT molecular complexity index is 551. The standard InChI is InChI=1S/C15H11O3/c16-9-11-10-17-14-7-3-1-5-12(14)13-6-2-4-8-15(13)18-11/h1-5,7-8,10,16H,9H2. The van der Waals surface area contributed by atoms with Gasteiger partial charge < -0.3 is 14.6 Å². The van der Waals surface area contributed by atoms with Gasteiger partial charge in [0.1, 0.15) is 11.5 Å². The highest BCUT2D eigenvalue weighted by molar-refractivity contribution is 5.75. The van der Waals surface area contributed by atoms with Gasteiger partial charge in [0.05, 0.1) is 6.61 Å². The molecule has 0 amide bonds. The van der Waals surface area contributed by atoms with Crippen LogP contribution in [0.15, 0.2) is 42.5 Å². The summed E-state index contributed by atoms with van der Waals surface area (Å²) in [7, 11) is 0. The third kappa shape index (κ3) is 1.93. The average molecular weight is 239 g/mol. The van der Waals surface area contributed by atoms with Crippen LogP contribution in [0.25, 0.3) is 11.1 Å². The summed E-state index contributed by atoms with van der Waals surface area (Å²) in [5.41, 5.74) is 1.74. The maximum Gasteiger partial charge on any atom is 0.217 e. The number of hydrogen-bond donors (Lipinski definition) is 1. The maximum absolute atomic E-state index is 9.20. The molecule has 0 unspecified atom stereocenters. The summed E-state index contributed by atoms with van der Waals surface area (Å²) < 4.78 is 11.1. The largest absolute Gasteiger partial charge is 0.481 e. The van der Waals surface area contributed by atoms with Crippen LogP contribution < -0.4 is 9.47 Å². The van der Waals surface area contributed by atoms with Crippen LogP contribution in [0.5, 0.6) is 11.5 Å². The van der Waals surface area contributed by atoms with Gasteiger partial charge in [0, 0.05) is 11.1 Å². The highest BCUT2D eigenvalue weighted by Crippen LogP contribution is 2.39. The molecule has 0 bridgehead atoms. The van der Waals surface area contributed by atoms with Gasteiger partial charge in [-0.05, 0) is 18.2 Å². The van der Waals surface area contributed by atoms with Gasteiger partial charge in [-0.3, -0.25) is 0 Å². The van der Waals surface area contributed by atoms with Crippen molar-refractivity contribution >= 4 is 0 Å².